The number of rotatable bonds is 5. The lowest BCUT2D eigenvalue weighted by atomic mass is 10.1. The Morgan fingerprint density at radius 2 is 2.05 bits per heavy atom. The molecule has 0 amide bonds. The number of benzene rings is 1. The zero-order valence-electron chi connectivity index (χ0n) is 12.2. The third kappa shape index (κ3) is 3.47. The summed E-state index contributed by atoms with van der Waals surface area (Å²) >= 11 is 0. The fourth-order valence-corrected chi connectivity index (χ4v) is 2.04. The summed E-state index contributed by atoms with van der Waals surface area (Å²) in [5.41, 5.74) is 3.30. The van der Waals surface area contributed by atoms with Crippen LogP contribution in [0, 0.1) is 24.0 Å². The monoisotopic (exact) mass is 287 g/mol. The lowest BCUT2D eigenvalue weighted by molar-refractivity contribution is -0.385. The van der Waals surface area contributed by atoms with Crippen LogP contribution in [0.1, 0.15) is 16.8 Å². The first-order valence-corrected chi connectivity index (χ1v) is 6.50. The number of aryl methyl sites for hydroxylation is 2. The average molecular weight is 287 g/mol. The van der Waals surface area contributed by atoms with Crippen molar-refractivity contribution < 1.29 is 9.66 Å². The van der Waals surface area contributed by atoms with E-state index >= 15 is 0 Å². The molecule has 0 unspecified atom stereocenters. The first-order chi connectivity index (χ1) is 10.0. The van der Waals surface area contributed by atoms with Crippen LogP contribution in [-0.2, 0) is 6.54 Å². The molecule has 21 heavy (non-hydrogen) atoms. The zero-order chi connectivity index (χ0) is 15.4. The van der Waals surface area contributed by atoms with E-state index in [1.807, 2.05) is 19.1 Å². The number of nitro groups is 1. The molecule has 2 rings (SSSR count). The lowest BCUT2D eigenvalue weighted by Crippen LogP contribution is -2.04. The van der Waals surface area contributed by atoms with Gasteiger partial charge in [-0.25, -0.2) is 4.98 Å². The summed E-state index contributed by atoms with van der Waals surface area (Å²) in [7, 11) is 1.57. The van der Waals surface area contributed by atoms with Crippen LogP contribution in [0.3, 0.4) is 0 Å². The van der Waals surface area contributed by atoms with E-state index in [0.717, 1.165) is 16.9 Å². The minimum absolute atomic E-state index is 0.137. The van der Waals surface area contributed by atoms with Crippen LogP contribution in [-0.4, -0.2) is 17.0 Å². The summed E-state index contributed by atoms with van der Waals surface area (Å²) in [4.78, 5) is 14.8. The molecule has 1 N–H and O–H groups in total. The summed E-state index contributed by atoms with van der Waals surface area (Å²) in [6.45, 7) is 4.09. The summed E-state index contributed by atoms with van der Waals surface area (Å²) in [6, 6.07) is 8.91. The highest BCUT2D eigenvalue weighted by Gasteiger charge is 2.13. The van der Waals surface area contributed by atoms with Gasteiger partial charge in [-0.1, -0.05) is 6.07 Å². The van der Waals surface area contributed by atoms with E-state index in [1.165, 1.54) is 0 Å². The van der Waals surface area contributed by atoms with Gasteiger partial charge in [-0.05, 0) is 31.5 Å². The number of ether oxygens (including phenoxy) is 1. The smallest absolute Gasteiger partial charge is 0.272 e. The first-order valence-electron chi connectivity index (χ1n) is 6.50. The number of methoxy groups -OCH3 is 1. The molecule has 0 aliphatic rings. The molecule has 1 aromatic heterocycles. The van der Waals surface area contributed by atoms with Crippen molar-refractivity contribution in [3.8, 4) is 5.88 Å². The Balaban J connectivity index is 2.16. The Bertz CT molecular complexity index is 671. The van der Waals surface area contributed by atoms with E-state index in [1.54, 1.807) is 32.2 Å². The van der Waals surface area contributed by atoms with Crippen LogP contribution < -0.4 is 10.1 Å². The molecule has 0 fully saturated rings. The van der Waals surface area contributed by atoms with Crippen molar-refractivity contribution >= 4 is 11.4 Å². The number of hydrogen-bond donors (Lipinski definition) is 1. The second-order valence-electron chi connectivity index (χ2n) is 4.74. The highest BCUT2D eigenvalue weighted by Crippen LogP contribution is 2.26. The van der Waals surface area contributed by atoms with Gasteiger partial charge in [0.15, 0.2) is 0 Å². The Morgan fingerprint density at radius 1 is 1.29 bits per heavy atom. The van der Waals surface area contributed by atoms with Crippen LogP contribution in [0.15, 0.2) is 30.3 Å². The molecule has 0 radical (unpaired) electrons. The van der Waals surface area contributed by atoms with Crippen LogP contribution in [0.25, 0.3) is 0 Å². The van der Waals surface area contributed by atoms with E-state index < -0.39 is 0 Å². The molecule has 0 atom stereocenters. The quantitative estimate of drug-likeness (QED) is 0.674. The van der Waals surface area contributed by atoms with Crippen molar-refractivity contribution in [1.29, 1.82) is 0 Å². The van der Waals surface area contributed by atoms with Gasteiger partial charge in [0.1, 0.15) is 0 Å². The molecule has 0 aliphatic carbocycles. The Morgan fingerprint density at radius 3 is 2.71 bits per heavy atom. The van der Waals surface area contributed by atoms with Crippen LogP contribution in [0.5, 0.6) is 5.88 Å². The fraction of sp³-hybridized carbons (Fsp3) is 0.267. The van der Waals surface area contributed by atoms with Gasteiger partial charge in [-0.15, -0.1) is 0 Å². The summed E-state index contributed by atoms with van der Waals surface area (Å²) < 4.78 is 5.08. The van der Waals surface area contributed by atoms with Gasteiger partial charge in [-0.3, -0.25) is 10.1 Å². The van der Waals surface area contributed by atoms with Gasteiger partial charge in [0.2, 0.25) is 5.88 Å². The van der Waals surface area contributed by atoms with E-state index in [0.29, 0.717) is 18.0 Å². The van der Waals surface area contributed by atoms with Gasteiger partial charge in [0.25, 0.3) is 5.69 Å². The van der Waals surface area contributed by atoms with Crippen LogP contribution in [0.2, 0.25) is 0 Å². The standard InChI is InChI=1S/C15H17N3O3/c1-10-8-14(18(19)20)11(2)7-13(10)16-9-12-5-4-6-15(17-12)21-3/h4-8,16H,9H2,1-3H3. The maximum absolute atomic E-state index is 10.9. The molecule has 1 aromatic carbocycles. The summed E-state index contributed by atoms with van der Waals surface area (Å²) in [5.74, 6) is 0.561. The first kappa shape index (κ1) is 14.8. The zero-order valence-corrected chi connectivity index (χ0v) is 12.2. The third-order valence-electron chi connectivity index (χ3n) is 3.19. The van der Waals surface area contributed by atoms with Crippen molar-refractivity contribution in [2.45, 2.75) is 20.4 Å². The van der Waals surface area contributed by atoms with Crippen molar-refractivity contribution in [2.75, 3.05) is 12.4 Å². The average Bonchev–Trinajstić information content (AvgIpc) is 2.47. The SMILES string of the molecule is COc1cccc(CNc2cc(C)c([N+](=O)[O-])cc2C)n1. The highest BCUT2D eigenvalue weighted by atomic mass is 16.6. The van der Waals surface area contributed by atoms with Gasteiger partial charge in [0, 0.05) is 23.4 Å². The van der Waals surface area contributed by atoms with Crippen molar-refractivity contribution in [3.05, 3.63) is 57.3 Å². The summed E-state index contributed by atoms with van der Waals surface area (Å²) in [5, 5.41) is 14.1. The number of aromatic nitrogens is 1. The van der Waals surface area contributed by atoms with Crippen molar-refractivity contribution in [3.63, 3.8) is 0 Å². The number of pyridine rings is 1. The molecule has 0 saturated carbocycles. The molecule has 2 aromatic rings. The highest BCUT2D eigenvalue weighted by molar-refractivity contribution is 5.59. The van der Waals surface area contributed by atoms with Gasteiger partial charge < -0.3 is 10.1 Å². The minimum atomic E-state index is -0.365. The second-order valence-corrected chi connectivity index (χ2v) is 4.74. The molecular formula is C15H17N3O3. The molecule has 6 nitrogen and oxygen atoms in total. The maximum atomic E-state index is 10.9. The normalized spacial score (nSPS) is 10.2. The lowest BCUT2D eigenvalue weighted by Gasteiger charge is -2.11. The molecular weight excluding hydrogens is 270 g/mol. The molecule has 6 heteroatoms. The van der Waals surface area contributed by atoms with Crippen LogP contribution >= 0.6 is 0 Å². The Labute approximate surface area is 122 Å². The molecule has 0 bridgehead atoms. The predicted molar refractivity (Wildman–Crippen MR) is 80.7 cm³/mol. The predicted octanol–water partition coefficient (Wildman–Crippen LogP) is 3.23. The van der Waals surface area contributed by atoms with Gasteiger partial charge in [-0.2, -0.15) is 0 Å². The molecule has 0 spiro atoms. The van der Waals surface area contributed by atoms with Crippen molar-refractivity contribution in [2.24, 2.45) is 0 Å². The third-order valence-corrected chi connectivity index (χ3v) is 3.19. The van der Waals surface area contributed by atoms with E-state index in [9.17, 15) is 10.1 Å². The Hall–Kier alpha value is -2.63. The number of hydrogen-bond acceptors (Lipinski definition) is 5. The van der Waals surface area contributed by atoms with E-state index in [2.05, 4.69) is 10.3 Å². The molecule has 110 valence electrons. The van der Waals surface area contributed by atoms with Crippen LogP contribution in [0.4, 0.5) is 11.4 Å². The number of nitrogens with one attached hydrogen (secondary N) is 1. The second kappa shape index (κ2) is 6.21. The Kier molecular flexibility index (Phi) is 4.37. The minimum Gasteiger partial charge on any atom is -0.481 e. The largest absolute Gasteiger partial charge is 0.481 e. The number of nitrogens with zero attached hydrogens (tertiary/aromatic N) is 2. The van der Waals surface area contributed by atoms with Crippen molar-refractivity contribution in [1.82, 2.24) is 4.98 Å². The fourth-order valence-electron chi connectivity index (χ4n) is 2.04. The van der Waals surface area contributed by atoms with E-state index in [4.69, 9.17) is 4.74 Å². The topological polar surface area (TPSA) is 77.3 Å². The molecule has 1 heterocycles. The summed E-state index contributed by atoms with van der Waals surface area (Å²) in [6.07, 6.45) is 0. The van der Waals surface area contributed by atoms with Gasteiger partial charge >= 0.3 is 0 Å². The number of anilines is 1. The maximum Gasteiger partial charge on any atom is 0.272 e. The molecule has 0 saturated heterocycles. The molecule has 0 aliphatic heterocycles. The van der Waals surface area contributed by atoms with Gasteiger partial charge in [0.05, 0.1) is 24.3 Å². The van der Waals surface area contributed by atoms with E-state index in [-0.39, 0.29) is 10.6 Å². The number of nitro benzene ring substituents is 1.